The number of imidazole rings is 1. The van der Waals surface area contributed by atoms with Crippen LogP contribution in [-0.2, 0) is 11.2 Å². The predicted octanol–water partition coefficient (Wildman–Crippen LogP) is 3.01. The summed E-state index contributed by atoms with van der Waals surface area (Å²) >= 11 is 0. The Morgan fingerprint density at radius 1 is 1.26 bits per heavy atom. The van der Waals surface area contributed by atoms with Crippen LogP contribution >= 0.6 is 0 Å². The van der Waals surface area contributed by atoms with Gasteiger partial charge in [0.25, 0.3) is 0 Å². The van der Waals surface area contributed by atoms with Gasteiger partial charge < -0.3 is 14.2 Å². The molecule has 1 unspecified atom stereocenters. The van der Waals surface area contributed by atoms with E-state index in [4.69, 9.17) is 9.72 Å². The Labute approximate surface area is 159 Å². The highest BCUT2D eigenvalue weighted by molar-refractivity contribution is 5.74. The molecule has 0 aromatic carbocycles. The lowest BCUT2D eigenvalue weighted by molar-refractivity contribution is 0.116. The van der Waals surface area contributed by atoms with E-state index in [1.165, 1.54) is 0 Å². The van der Waals surface area contributed by atoms with Crippen LogP contribution in [0.3, 0.4) is 0 Å². The number of nitrogens with zero attached hydrogens (tertiary/aromatic N) is 6. The van der Waals surface area contributed by atoms with Crippen molar-refractivity contribution in [1.82, 2.24) is 24.5 Å². The molecule has 3 aromatic rings. The molecule has 7 heteroatoms. The molecule has 3 aromatic heterocycles. The van der Waals surface area contributed by atoms with Gasteiger partial charge in [-0.05, 0) is 38.8 Å². The minimum absolute atomic E-state index is 0.280. The Balaban J connectivity index is 1.52. The van der Waals surface area contributed by atoms with Crippen molar-refractivity contribution >= 4 is 17.0 Å². The lowest BCUT2D eigenvalue weighted by atomic mass is 10.2. The lowest BCUT2D eigenvalue weighted by Gasteiger charge is -2.20. The molecule has 7 nitrogen and oxygen atoms in total. The minimum Gasteiger partial charge on any atom is -0.376 e. The molecule has 1 saturated heterocycles. The zero-order valence-corrected chi connectivity index (χ0v) is 16.2. The average molecular weight is 366 g/mol. The van der Waals surface area contributed by atoms with Crippen LogP contribution in [0.25, 0.3) is 11.0 Å². The molecule has 0 radical (unpaired) electrons. The van der Waals surface area contributed by atoms with E-state index in [1.807, 2.05) is 31.8 Å². The fraction of sp³-hybridized carbons (Fsp3) is 0.500. The van der Waals surface area contributed by atoms with Crippen molar-refractivity contribution in [2.75, 3.05) is 25.1 Å². The summed E-state index contributed by atoms with van der Waals surface area (Å²) in [5, 5.41) is 0. The van der Waals surface area contributed by atoms with Gasteiger partial charge >= 0.3 is 0 Å². The zero-order valence-electron chi connectivity index (χ0n) is 16.2. The first-order valence-electron chi connectivity index (χ1n) is 9.56. The number of fused-ring (bicyclic) bond motifs is 1. The number of hydrogen-bond donors (Lipinski definition) is 0. The van der Waals surface area contributed by atoms with Crippen LogP contribution in [0.5, 0.6) is 0 Å². The number of likely N-dealkylation sites (N-methyl/N-ethyl adjacent to an activating group) is 1. The maximum Gasteiger partial charge on any atom is 0.225 e. The molecular weight excluding hydrogens is 340 g/mol. The summed E-state index contributed by atoms with van der Waals surface area (Å²) in [6, 6.07) is 4.43. The topological polar surface area (TPSA) is 69.0 Å². The summed E-state index contributed by atoms with van der Waals surface area (Å²) < 4.78 is 7.89. The van der Waals surface area contributed by atoms with Gasteiger partial charge in [-0.15, -0.1) is 0 Å². The Morgan fingerprint density at radius 3 is 2.93 bits per heavy atom. The van der Waals surface area contributed by atoms with Gasteiger partial charge in [-0.25, -0.2) is 15.0 Å². The number of rotatable bonds is 6. The number of anilines is 1. The highest BCUT2D eigenvalue weighted by Crippen LogP contribution is 2.19. The molecule has 1 fully saturated rings. The highest BCUT2D eigenvalue weighted by atomic mass is 16.5. The molecule has 27 heavy (non-hydrogen) atoms. The molecule has 0 N–H and O–H groups in total. The van der Waals surface area contributed by atoms with E-state index >= 15 is 0 Å². The summed E-state index contributed by atoms with van der Waals surface area (Å²) in [6.45, 7) is 5.99. The molecule has 0 aliphatic carbocycles. The molecule has 0 spiro atoms. The van der Waals surface area contributed by atoms with Crippen LogP contribution in [0.1, 0.15) is 44.1 Å². The van der Waals surface area contributed by atoms with Gasteiger partial charge in [0.2, 0.25) is 5.95 Å². The molecule has 1 atom stereocenters. The second-order valence-corrected chi connectivity index (χ2v) is 7.45. The highest BCUT2D eigenvalue weighted by Gasteiger charge is 2.19. The van der Waals surface area contributed by atoms with Gasteiger partial charge in [0.1, 0.15) is 5.52 Å². The van der Waals surface area contributed by atoms with Crippen LogP contribution in [0.4, 0.5) is 5.95 Å². The molecule has 0 saturated carbocycles. The van der Waals surface area contributed by atoms with Gasteiger partial charge in [0, 0.05) is 44.6 Å². The van der Waals surface area contributed by atoms with E-state index < -0.39 is 0 Å². The molecular formula is C20H26N6O. The quantitative estimate of drug-likeness (QED) is 0.668. The van der Waals surface area contributed by atoms with E-state index in [0.29, 0.717) is 12.5 Å². The largest absolute Gasteiger partial charge is 0.376 e. The van der Waals surface area contributed by atoms with Crippen molar-refractivity contribution in [2.45, 2.75) is 45.3 Å². The van der Waals surface area contributed by atoms with Crippen molar-refractivity contribution in [3.63, 3.8) is 0 Å². The number of hydrogen-bond acceptors (Lipinski definition) is 6. The molecule has 0 bridgehead atoms. The maximum absolute atomic E-state index is 5.72. The molecule has 4 heterocycles. The van der Waals surface area contributed by atoms with E-state index in [9.17, 15) is 0 Å². The Kier molecular flexibility index (Phi) is 5.03. The molecule has 4 rings (SSSR count). The lowest BCUT2D eigenvalue weighted by Crippen LogP contribution is -2.30. The first kappa shape index (κ1) is 17.9. The fourth-order valence-electron chi connectivity index (χ4n) is 3.51. The molecule has 0 amide bonds. The van der Waals surface area contributed by atoms with Gasteiger partial charge in [-0.2, -0.15) is 0 Å². The van der Waals surface area contributed by atoms with Crippen molar-refractivity contribution in [1.29, 1.82) is 0 Å². The molecule has 1 aliphatic rings. The van der Waals surface area contributed by atoms with E-state index in [-0.39, 0.29) is 6.10 Å². The van der Waals surface area contributed by atoms with E-state index in [1.54, 1.807) is 0 Å². The minimum atomic E-state index is 0.280. The van der Waals surface area contributed by atoms with Gasteiger partial charge in [-0.1, -0.05) is 0 Å². The van der Waals surface area contributed by atoms with Gasteiger partial charge in [-0.3, -0.25) is 4.98 Å². The van der Waals surface area contributed by atoms with E-state index in [0.717, 1.165) is 54.4 Å². The summed E-state index contributed by atoms with van der Waals surface area (Å²) in [5.74, 6) is 0.733. The third-order valence-corrected chi connectivity index (χ3v) is 4.98. The average Bonchev–Trinajstić information content (AvgIpc) is 3.31. The summed E-state index contributed by atoms with van der Waals surface area (Å²) in [6.07, 6.45) is 8.74. The second kappa shape index (κ2) is 7.60. The maximum atomic E-state index is 5.72. The van der Waals surface area contributed by atoms with Crippen molar-refractivity contribution in [3.8, 4) is 0 Å². The Hall–Kier alpha value is -2.54. The third-order valence-electron chi connectivity index (χ3n) is 4.98. The number of aromatic nitrogens is 5. The molecule has 142 valence electrons. The van der Waals surface area contributed by atoms with Gasteiger partial charge in [0.05, 0.1) is 29.8 Å². The van der Waals surface area contributed by atoms with Crippen LogP contribution in [-0.4, -0.2) is 50.8 Å². The third kappa shape index (κ3) is 3.93. The van der Waals surface area contributed by atoms with Crippen LogP contribution in [0, 0.1) is 0 Å². The second-order valence-electron chi connectivity index (χ2n) is 7.45. The van der Waals surface area contributed by atoms with Crippen molar-refractivity contribution in [2.24, 2.45) is 0 Å². The summed E-state index contributed by atoms with van der Waals surface area (Å²) in [5.41, 5.74) is 3.98. The zero-order chi connectivity index (χ0) is 18.8. The SMILES string of the molecule is CC(C)n1cnc2cnc(Cc3ccnc(N(C)CC4CCCO4)n3)cc21. The Bertz CT molecular complexity index is 916. The summed E-state index contributed by atoms with van der Waals surface area (Å²) in [7, 11) is 2.02. The monoisotopic (exact) mass is 366 g/mol. The summed E-state index contributed by atoms with van der Waals surface area (Å²) in [4.78, 5) is 20.2. The van der Waals surface area contributed by atoms with Crippen molar-refractivity contribution < 1.29 is 4.74 Å². The van der Waals surface area contributed by atoms with Crippen LogP contribution < -0.4 is 4.90 Å². The number of ether oxygens (including phenoxy) is 1. The first-order chi connectivity index (χ1) is 13.1. The van der Waals surface area contributed by atoms with E-state index in [2.05, 4.69) is 44.3 Å². The fourth-order valence-corrected chi connectivity index (χ4v) is 3.51. The van der Waals surface area contributed by atoms with Crippen molar-refractivity contribution in [3.05, 3.63) is 42.2 Å². The number of pyridine rings is 1. The smallest absolute Gasteiger partial charge is 0.225 e. The normalized spacial score (nSPS) is 17.1. The standard InChI is InChI=1S/C20H26N6O/c1-14(2)26-13-23-18-11-22-16(10-19(18)26)9-15-6-7-21-20(24-15)25(3)12-17-5-4-8-27-17/h6-7,10-11,13-14,17H,4-5,8-9,12H2,1-3H3. The Morgan fingerprint density at radius 2 is 2.15 bits per heavy atom. The van der Waals surface area contributed by atoms with Gasteiger partial charge in [0.15, 0.2) is 0 Å². The predicted molar refractivity (Wildman–Crippen MR) is 105 cm³/mol. The van der Waals surface area contributed by atoms with Crippen LogP contribution in [0.2, 0.25) is 0 Å². The van der Waals surface area contributed by atoms with Crippen LogP contribution in [0.15, 0.2) is 30.9 Å². The first-order valence-corrected chi connectivity index (χ1v) is 9.56. The molecule has 1 aliphatic heterocycles.